The minimum atomic E-state index is -0.0941. The van der Waals surface area contributed by atoms with Crippen molar-refractivity contribution in [1.82, 2.24) is 25.0 Å². The van der Waals surface area contributed by atoms with Gasteiger partial charge in [0.2, 0.25) is 11.8 Å². The third kappa shape index (κ3) is 3.99. The maximum atomic E-state index is 5.81. The number of hydrogen-bond acceptors (Lipinski definition) is 6. The third-order valence-electron chi connectivity index (χ3n) is 4.59. The molecule has 1 saturated heterocycles. The van der Waals surface area contributed by atoms with E-state index in [9.17, 15) is 0 Å². The van der Waals surface area contributed by atoms with Crippen molar-refractivity contribution in [3.05, 3.63) is 41.9 Å². The van der Waals surface area contributed by atoms with Crippen LogP contribution in [-0.4, -0.2) is 51.2 Å². The average molecular weight is 329 g/mol. The zero-order chi connectivity index (χ0) is 17.2. The SMILES string of the molecule is C[C@@H](c1cccnc1)N1CCN(Cc2nnc(C(C)(C)C)o2)CC1. The summed E-state index contributed by atoms with van der Waals surface area (Å²) in [5.74, 6) is 1.43. The van der Waals surface area contributed by atoms with Gasteiger partial charge in [0.15, 0.2) is 0 Å². The summed E-state index contributed by atoms with van der Waals surface area (Å²) in [4.78, 5) is 9.11. The monoisotopic (exact) mass is 329 g/mol. The summed E-state index contributed by atoms with van der Waals surface area (Å²) >= 11 is 0. The van der Waals surface area contributed by atoms with Gasteiger partial charge in [0, 0.05) is 50.0 Å². The van der Waals surface area contributed by atoms with E-state index >= 15 is 0 Å². The Bertz CT molecular complexity index is 641. The van der Waals surface area contributed by atoms with Gasteiger partial charge in [-0.25, -0.2) is 0 Å². The fourth-order valence-corrected chi connectivity index (χ4v) is 2.95. The zero-order valence-electron chi connectivity index (χ0n) is 15.1. The molecule has 1 aliphatic rings. The fraction of sp³-hybridized carbons (Fsp3) is 0.611. The van der Waals surface area contributed by atoms with Gasteiger partial charge in [-0.2, -0.15) is 0 Å². The maximum absolute atomic E-state index is 5.81. The molecule has 0 unspecified atom stereocenters. The van der Waals surface area contributed by atoms with Crippen molar-refractivity contribution in [3.8, 4) is 0 Å². The zero-order valence-corrected chi connectivity index (χ0v) is 15.1. The van der Waals surface area contributed by atoms with Gasteiger partial charge in [-0.05, 0) is 18.6 Å². The van der Waals surface area contributed by atoms with Crippen LogP contribution in [0.3, 0.4) is 0 Å². The molecule has 3 heterocycles. The Balaban J connectivity index is 1.53. The molecule has 0 saturated carbocycles. The first-order chi connectivity index (χ1) is 11.4. The molecular weight excluding hydrogens is 302 g/mol. The quantitative estimate of drug-likeness (QED) is 0.859. The van der Waals surface area contributed by atoms with Crippen molar-refractivity contribution in [2.75, 3.05) is 26.2 Å². The average Bonchev–Trinajstić information content (AvgIpc) is 3.05. The highest BCUT2D eigenvalue weighted by atomic mass is 16.4. The maximum Gasteiger partial charge on any atom is 0.230 e. The number of pyridine rings is 1. The highest BCUT2D eigenvalue weighted by Gasteiger charge is 2.25. The Hall–Kier alpha value is -1.79. The van der Waals surface area contributed by atoms with Gasteiger partial charge in [0.05, 0.1) is 6.54 Å². The topological polar surface area (TPSA) is 58.3 Å². The highest BCUT2D eigenvalue weighted by Crippen LogP contribution is 2.23. The van der Waals surface area contributed by atoms with Crippen LogP contribution in [-0.2, 0) is 12.0 Å². The van der Waals surface area contributed by atoms with E-state index in [0.29, 0.717) is 17.8 Å². The van der Waals surface area contributed by atoms with Gasteiger partial charge in [0.1, 0.15) is 0 Å². The summed E-state index contributed by atoms with van der Waals surface area (Å²) in [5, 5.41) is 8.37. The largest absolute Gasteiger partial charge is 0.423 e. The minimum absolute atomic E-state index is 0.0941. The first-order valence-electron chi connectivity index (χ1n) is 8.62. The number of rotatable bonds is 4. The van der Waals surface area contributed by atoms with Crippen LogP contribution in [0, 0.1) is 0 Å². The Morgan fingerprint density at radius 2 is 1.92 bits per heavy atom. The lowest BCUT2D eigenvalue weighted by atomic mass is 9.97. The molecule has 0 aromatic carbocycles. The second kappa shape index (κ2) is 6.99. The predicted octanol–water partition coefficient (Wildman–Crippen LogP) is 2.64. The summed E-state index contributed by atoms with van der Waals surface area (Å²) in [6.45, 7) is 13.3. The van der Waals surface area contributed by atoms with Crippen LogP contribution in [0.4, 0.5) is 0 Å². The Morgan fingerprint density at radius 3 is 2.50 bits per heavy atom. The normalized spacial score (nSPS) is 18.7. The molecule has 24 heavy (non-hydrogen) atoms. The smallest absolute Gasteiger partial charge is 0.230 e. The molecule has 1 atom stereocenters. The fourth-order valence-electron chi connectivity index (χ4n) is 2.95. The Labute approximate surface area is 143 Å². The number of piperazine rings is 1. The van der Waals surface area contributed by atoms with Crippen LogP contribution in [0.15, 0.2) is 28.9 Å². The van der Waals surface area contributed by atoms with Crippen molar-refractivity contribution >= 4 is 0 Å². The van der Waals surface area contributed by atoms with Gasteiger partial charge >= 0.3 is 0 Å². The first kappa shape index (κ1) is 17.0. The Kier molecular flexibility index (Phi) is 4.96. The number of nitrogens with zero attached hydrogens (tertiary/aromatic N) is 5. The summed E-state index contributed by atoms with van der Waals surface area (Å²) < 4.78 is 5.81. The van der Waals surface area contributed by atoms with Crippen LogP contribution in [0.5, 0.6) is 0 Å². The van der Waals surface area contributed by atoms with Gasteiger partial charge in [-0.1, -0.05) is 26.8 Å². The van der Waals surface area contributed by atoms with Crippen LogP contribution in [0.1, 0.15) is 51.1 Å². The number of aromatic nitrogens is 3. The van der Waals surface area contributed by atoms with E-state index in [0.717, 1.165) is 32.7 Å². The van der Waals surface area contributed by atoms with Crippen molar-refractivity contribution in [1.29, 1.82) is 0 Å². The lowest BCUT2D eigenvalue weighted by Crippen LogP contribution is -2.46. The van der Waals surface area contributed by atoms with E-state index in [2.05, 4.69) is 58.7 Å². The van der Waals surface area contributed by atoms with Gasteiger partial charge < -0.3 is 4.42 Å². The summed E-state index contributed by atoms with van der Waals surface area (Å²) in [6, 6.07) is 4.55. The van der Waals surface area contributed by atoms with E-state index in [4.69, 9.17) is 4.42 Å². The third-order valence-corrected chi connectivity index (χ3v) is 4.59. The molecular formula is C18H27N5O. The lowest BCUT2D eigenvalue weighted by molar-refractivity contribution is 0.0914. The first-order valence-corrected chi connectivity index (χ1v) is 8.62. The van der Waals surface area contributed by atoms with E-state index in [1.165, 1.54) is 5.56 Å². The Morgan fingerprint density at radius 1 is 1.17 bits per heavy atom. The predicted molar refractivity (Wildman–Crippen MR) is 92.5 cm³/mol. The van der Waals surface area contributed by atoms with Crippen molar-refractivity contribution < 1.29 is 4.42 Å². The molecule has 130 valence electrons. The molecule has 0 radical (unpaired) electrons. The van der Waals surface area contributed by atoms with E-state index in [1.54, 1.807) is 0 Å². The molecule has 0 spiro atoms. The van der Waals surface area contributed by atoms with Crippen LogP contribution in [0.2, 0.25) is 0 Å². The lowest BCUT2D eigenvalue weighted by Gasteiger charge is -2.37. The van der Waals surface area contributed by atoms with E-state index in [1.807, 2.05) is 18.5 Å². The van der Waals surface area contributed by atoms with Crippen LogP contribution < -0.4 is 0 Å². The molecule has 2 aromatic heterocycles. The molecule has 1 fully saturated rings. The standard InChI is InChI=1S/C18H27N5O/c1-14(15-6-5-7-19-12-15)23-10-8-22(9-11-23)13-16-20-21-17(24-16)18(2,3)4/h5-7,12,14H,8-11,13H2,1-4H3/t14-/m0/s1. The van der Waals surface area contributed by atoms with Crippen LogP contribution in [0.25, 0.3) is 0 Å². The van der Waals surface area contributed by atoms with Gasteiger partial charge in [-0.3, -0.25) is 14.8 Å². The summed E-state index contributed by atoms with van der Waals surface area (Å²) in [5.41, 5.74) is 1.18. The molecule has 0 bridgehead atoms. The molecule has 6 nitrogen and oxygen atoms in total. The van der Waals surface area contributed by atoms with E-state index < -0.39 is 0 Å². The van der Waals surface area contributed by atoms with Crippen molar-refractivity contribution in [2.45, 2.75) is 45.7 Å². The molecule has 1 aliphatic heterocycles. The molecule has 3 rings (SSSR count). The summed E-state index contributed by atoms with van der Waals surface area (Å²) in [6.07, 6.45) is 3.79. The summed E-state index contributed by atoms with van der Waals surface area (Å²) in [7, 11) is 0. The minimum Gasteiger partial charge on any atom is -0.423 e. The van der Waals surface area contributed by atoms with Crippen molar-refractivity contribution in [3.63, 3.8) is 0 Å². The second-order valence-electron chi connectivity index (χ2n) is 7.53. The van der Waals surface area contributed by atoms with Gasteiger partial charge in [-0.15, -0.1) is 10.2 Å². The molecule has 0 N–H and O–H groups in total. The van der Waals surface area contributed by atoms with E-state index in [-0.39, 0.29) is 5.41 Å². The second-order valence-corrected chi connectivity index (χ2v) is 7.53. The molecule has 0 aliphatic carbocycles. The van der Waals surface area contributed by atoms with Crippen molar-refractivity contribution in [2.24, 2.45) is 0 Å². The molecule has 2 aromatic rings. The van der Waals surface area contributed by atoms with Crippen LogP contribution >= 0.6 is 0 Å². The molecule has 0 amide bonds. The highest BCUT2D eigenvalue weighted by molar-refractivity contribution is 5.13. The van der Waals surface area contributed by atoms with Gasteiger partial charge in [0.25, 0.3) is 0 Å². The number of hydrogen-bond donors (Lipinski definition) is 0. The molecule has 6 heteroatoms.